The number of hydrogen-bond donors (Lipinski definition) is 0. The van der Waals surface area contributed by atoms with Crippen LogP contribution >= 0.6 is 0 Å². The number of carbonyl (C=O) groups excluding carboxylic acids is 3. The third-order valence-electron chi connectivity index (χ3n) is 12.5. The highest BCUT2D eigenvalue weighted by Crippen LogP contribution is 2.15. The lowest BCUT2D eigenvalue weighted by atomic mass is 10.0. The van der Waals surface area contributed by atoms with E-state index in [0.29, 0.717) is 19.3 Å². The van der Waals surface area contributed by atoms with Crippen LogP contribution in [0.15, 0.2) is 122 Å². The molecule has 1 atom stereocenters. The lowest BCUT2D eigenvalue weighted by Gasteiger charge is -2.18. The maximum absolute atomic E-state index is 12.9. The van der Waals surface area contributed by atoms with Crippen LogP contribution in [-0.2, 0) is 28.6 Å². The van der Waals surface area contributed by atoms with Crippen molar-refractivity contribution in [1.82, 2.24) is 0 Å². The second-order valence-corrected chi connectivity index (χ2v) is 19.5. The topological polar surface area (TPSA) is 78.9 Å². The zero-order valence-corrected chi connectivity index (χ0v) is 47.4. The Labute approximate surface area is 450 Å². The van der Waals surface area contributed by atoms with Crippen molar-refractivity contribution in [3.63, 3.8) is 0 Å². The van der Waals surface area contributed by atoms with E-state index in [1.165, 1.54) is 77.0 Å². The Balaban J connectivity index is 4.42. The van der Waals surface area contributed by atoms with Gasteiger partial charge in [0.25, 0.3) is 0 Å². The number of ether oxygens (including phenoxy) is 3. The SMILES string of the molecule is CC/C=C\C/C=C\C/C=C\C/C=C\C/C=C\C/C=C\CCCCCCCCC(=O)OCC(COC(=O)CCCCCCCCCCCCCCC)OC(=O)CCCCCC/C=C\C/C=C\C/C=C\C/C=C\CC. The van der Waals surface area contributed by atoms with Gasteiger partial charge in [-0.25, -0.2) is 0 Å². The summed E-state index contributed by atoms with van der Waals surface area (Å²) in [6, 6.07) is 0. The third-order valence-corrected chi connectivity index (χ3v) is 12.5. The molecule has 0 amide bonds. The first kappa shape index (κ1) is 68.8. The Bertz CT molecular complexity index is 1540. The van der Waals surface area contributed by atoms with Crippen LogP contribution < -0.4 is 0 Å². The molecule has 0 saturated heterocycles. The first-order valence-electron chi connectivity index (χ1n) is 30.0. The van der Waals surface area contributed by atoms with Crippen LogP contribution in [0.3, 0.4) is 0 Å². The maximum Gasteiger partial charge on any atom is 0.306 e. The van der Waals surface area contributed by atoms with E-state index in [9.17, 15) is 14.4 Å². The molecule has 0 fully saturated rings. The molecule has 0 aliphatic carbocycles. The molecule has 0 aromatic carbocycles. The maximum atomic E-state index is 12.9. The van der Waals surface area contributed by atoms with Crippen LogP contribution in [0.25, 0.3) is 0 Å². The molecule has 0 bridgehead atoms. The lowest BCUT2D eigenvalue weighted by molar-refractivity contribution is -0.167. The van der Waals surface area contributed by atoms with Gasteiger partial charge in [-0.1, -0.05) is 258 Å². The van der Waals surface area contributed by atoms with Crippen LogP contribution in [0.5, 0.6) is 0 Å². The fourth-order valence-electron chi connectivity index (χ4n) is 8.03. The summed E-state index contributed by atoms with van der Waals surface area (Å²) in [5.41, 5.74) is 0. The fraction of sp³-hybridized carbons (Fsp3) is 0.657. The number of rotatable bonds is 53. The summed E-state index contributed by atoms with van der Waals surface area (Å²) >= 11 is 0. The van der Waals surface area contributed by atoms with E-state index in [4.69, 9.17) is 14.2 Å². The van der Waals surface area contributed by atoms with Gasteiger partial charge in [-0.15, -0.1) is 0 Å². The quantitative estimate of drug-likeness (QED) is 0.0261. The van der Waals surface area contributed by atoms with E-state index in [1.54, 1.807) is 0 Å². The highest BCUT2D eigenvalue weighted by molar-refractivity contribution is 5.71. The summed E-state index contributed by atoms with van der Waals surface area (Å²) in [7, 11) is 0. The predicted octanol–water partition coefficient (Wildman–Crippen LogP) is 20.4. The van der Waals surface area contributed by atoms with Gasteiger partial charge in [0, 0.05) is 19.3 Å². The van der Waals surface area contributed by atoms with E-state index in [2.05, 4.69) is 142 Å². The predicted molar refractivity (Wildman–Crippen MR) is 316 cm³/mol. The van der Waals surface area contributed by atoms with Crippen LogP contribution in [0.2, 0.25) is 0 Å². The molecule has 0 saturated carbocycles. The minimum absolute atomic E-state index is 0.0935. The first-order chi connectivity index (χ1) is 36.0. The van der Waals surface area contributed by atoms with Gasteiger partial charge in [0.1, 0.15) is 13.2 Å². The second kappa shape index (κ2) is 60.4. The minimum atomic E-state index is -0.800. The zero-order valence-electron chi connectivity index (χ0n) is 47.4. The van der Waals surface area contributed by atoms with E-state index in [-0.39, 0.29) is 31.1 Å². The number of carbonyl (C=O) groups is 3. The highest BCUT2D eigenvalue weighted by atomic mass is 16.6. The van der Waals surface area contributed by atoms with Gasteiger partial charge in [0.2, 0.25) is 0 Å². The van der Waals surface area contributed by atoms with Gasteiger partial charge in [-0.05, 0) is 109 Å². The molecule has 0 aromatic heterocycles. The van der Waals surface area contributed by atoms with Crippen molar-refractivity contribution in [1.29, 1.82) is 0 Å². The molecule has 0 spiro atoms. The van der Waals surface area contributed by atoms with E-state index >= 15 is 0 Å². The Morgan fingerprint density at radius 2 is 0.534 bits per heavy atom. The van der Waals surface area contributed by atoms with Gasteiger partial charge in [0.15, 0.2) is 6.10 Å². The van der Waals surface area contributed by atoms with E-state index < -0.39 is 6.10 Å². The number of unbranched alkanes of at least 4 members (excludes halogenated alkanes) is 22. The average molecular weight is 1010 g/mol. The monoisotopic (exact) mass is 1010 g/mol. The Morgan fingerprint density at radius 1 is 0.288 bits per heavy atom. The van der Waals surface area contributed by atoms with Gasteiger partial charge in [-0.2, -0.15) is 0 Å². The first-order valence-corrected chi connectivity index (χ1v) is 30.0. The summed E-state index contributed by atoms with van der Waals surface area (Å²) in [5, 5.41) is 0. The molecule has 1 unspecified atom stereocenters. The van der Waals surface area contributed by atoms with Crippen molar-refractivity contribution >= 4 is 17.9 Å². The summed E-state index contributed by atoms with van der Waals surface area (Å²) in [6.45, 7) is 6.38. The second-order valence-electron chi connectivity index (χ2n) is 19.5. The van der Waals surface area contributed by atoms with Crippen LogP contribution in [0.1, 0.15) is 265 Å². The molecule has 6 heteroatoms. The van der Waals surface area contributed by atoms with Crippen LogP contribution in [0, 0.1) is 0 Å². The molecule has 0 aliphatic heterocycles. The summed E-state index contributed by atoms with van der Waals surface area (Å²) in [4.78, 5) is 38.2. The van der Waals surface area contributed by atoms with Crippen molar-refractivity contribution in [2.75, 3.05) is 13.2 Å². The molecule has 73 heavy (non-hydrogen) atoms. The van der Waals surface area contributed by atoms with E-state index in [1.807, 2.05) is 0 Å². The molecule has 414 valence electrons. The molecular formula is C67H110O6. The lowest BCUT2D eigenvalue weighted by Crippen LogP contribution is -2.30. The Kier molecular flexibility index (Phi) is 56.9. The Morgan fingerprint density at radius 3 is 0.836 bits per heavy atom. The number of esters is 3. The van der Waals surface area contributed by atoms with Gasteiger partial charge >= 0.3 is 17.9 Å². The molecule has 0 rings (SSSR count). The van der Waals surface area contributed by atoms with Gasteiger partial charge < -0.3 is 14.2 Å². The van der Waals surface area contributed by atoms with Crippen molar-refractivity contribution in [3.05, 3.63) is 122 Å². The zero-order chi connectivity index (χ0) is 52.9. The molecule has 0 radical (unpaired) electrons. The number of allylic oxidation sites excluding steroid dienone is 20. The normalized spacial score (nSPS) is 13.0. The van der Waals surface area contributed by atoms with Crippen molar-refractivity contribution < 1.29 is 28.6 Å². The van der Waals surface area contributed by atoms with Crippen molar-refractivity contribution in [2.24, 2.45) is 0 Å². The summed E-state index contributed by atoms with van der Waals surface area (Å²) in [6.07, 6.45) is 83.3. The molecule has 0 aromatic rings. The molecule has 0 N–H and O–H groups in total. The highest BCUT2D eigenvalue weighted by Gasteiger charge is 2.19. The van der Waals surface area contributed by atoms with Gasteiger partial charge in [-0.3, -0.25) is 14.4 Å². The average Bonchev–Trinajstić information content (AvgIpc) is 3.39. The summed E-state index contributed by atoms with van der Waals surface area (Å²) < 4.78 is 16.9. The Hall–Kier alpha value is -4.19. The molecule has 0 heterocycles. The molecule has 6 nitrogen and oxygen atoms in total. The van der Waals surface area contributed by atoms with Crippen LogP contribution in [0.4, 0.5) is 0 Å². The van der Waals surface area contributed by atoms with Crippen molar-refractivity contribution in [3.8, 4) is 0 Å². The smallest absolute Gasteiger partial charge is 0.306 e. The van der Waals surface area contributed by atoms with Gasteiger partial charge in [0.05, 0.1) is 0 Å². The number of hydrogen-bond acceptors (Lipinski definition) is 6. The molecule has 0 aliphatic rings. The minimum Gasteiger partial charge on any atom is -0.462 e. The van der Waals surface area contributed by atoms with E-state index in [0.717, 1.165) is 148 Å². The van der Waals surface area contributed by atoms with Crippen LogP contribution in [-0.4, -0.2) is 37.2 Å². The fourth-order valence-corrected chi connectivity index (χ4v) is 8.03. The largest absolute Gasteiger partial charge is 0.462 e. The standard InChI is InChI=1S/C67H110O6/c1-4-7-10-13-16-19-22-25-27-29-30-31-32-33-34-35-36-38-39-42-45-48-51-54-57-60-66(69)72-63-64(62-71-65(68)59-56-53-50-47-44-41-24-21-18-15-12-9-6-3)73-67(70)61-58-55-52-49-46-43-40-37-28-26-23-20-17-14-11-8-5-2/h7-8,10-11,16-17,19-20,25-28,30-31,33-34,36,38,40,43,64H,4-6,9,12-15,18,21-24,29,32,35,37,39,41-42,44-63H2,1-3H3/b10-7-,11-8-,19-16-,20-17-,27-25-,28-26-,31-30-,34-33-,38-36-,43-40-. The summed E-state index contributed by atoms with van der Waals surface area (Å²) in [5.74, 6) is -0.931. The van der Waals surface area contributed by atoms with Crippen molar-refractivity contribution in [2.45, 2.75) is 271 Å². The molecular weight excluding hydrogens is 901 g/mol. The third kappa shape index (κ3) is 58.6.